The van der Waals surface area contributed by atoms with Crippen LogP contribution in [0.2, 0.25) is 5.02 Å². The Morgan fingerprint density at radius 2 is 1.80 bits per heavy atom. The van der Waals surface area contributed by atoms with E-state index in [-0.39, 0.29) is 22.9 Å². The van der Waals surface area contributed by atoms with Crippen LogP contribution in [0.4, 0.5) is 11.4 Å². The quantitative estimate of drug-likeness (QED) is 0.432. The van der Waals surface area contributed by atoms with E-state index in [0.29, 0.717) is 36.9 Å². The smallest absolute Gasteiger partial charge is 0.357 e. The Hall–Kier alpha value is -4.22. The summed E-state index contributed by atoms with van der Waals surface area (Å²) in [5, 5.41) is 9.92. The van der Waals surface area contributed by atoms with Crippen LogP contribution in [-0.4, -0.2) is 54.6 Å². The molecule has 2 heterocycles. The summed E-state index contributed by atoms with van der Waals surface area (Å²) >= 11 is 6.30. The zero-order chi connectivity index (χ0) is 24.9. The number of piperazine rings is 1. The molecule has 9 heteroatoms. The number of nitrogens with zero attached hydrogens (tertiary/aromatic N) is 4. The molecule has 0 atom stereocenters. The van der Waals surface area contributed by atoms with Gasteiger partial charge in [-0.3, -0.25) is 4.79 Å². The van der Waals surface area contributed by atoms with Gasteiger partial charge in [-0.1, -0.05) is 41.9 Å². The second-order valence-electron chi connectivity index (χ2n) is 7.97. The molecule has 8 nitrogen and oxygen atoms in total. The standard InChI is InChI=1S/C26H24ClN5O3/c1-35-26(34)25-24(29)19(16-28)17-32(25)22-15-20(27)8-9-21(22)30-11-13-31(14-12-30)23(33)10-7-18-5-3-2-4-6-18/h2-10,15,17H,11-14,29H2,1H3. The first kappa shape index (κ1) is 23.9. The number of esters is 1. The van der Waals surface area contributed by atoms with E-state index in [1.165, 1.54) is 13.3 Å². The first-order valence-electron chi connectivity index (χ1n) is 11.0. The Morgan fingerprint density at radius 3 is 2.46 bits per heavy atom. The number of ether oxygens (including phenoxy) is 1. The van der Waals surface area contributed by atoms with Gasteiger partial charge >= 0.3 is 5.97 Å². The summed E-state index contributed by atoms with van der Waals surface area (Å²) in [5.41, 5.74) is 8.71. The van der Waals surface area contributed by atoms with E-state index in [1.54, 1.807) is 27.7 Å². The molecule has 0 aliphatic carbocycles. The lowest BCUT2D eigenvalue weighted by atomic mass is 10.2. The van der Waals surface area contributed by atoms with Gasteiger partial charge in [0.05, 0.1) is 29.7 Å². The molecule has 0 bridgehead atoms. The van der Waals surface area contributed by atoms with Crippen molar-refractivity contribution in [2.75, 3.05) is 43.9 Å². The Balaban J connectivity index is 1.58. The molecule has 3 aromatic rings. The van der Waals surface area contributed by atoms with Gasteiger partial charge in [0.25, 0.3) is 0 Å². The number of nitriles is 1. The molecule has 178 valence electrons. The highest BCUT2D eigenvalue weighted by Gasteiger charge is 2.26. The van der Waals surface area contributed by atoms with Gasteiger partial charge in [-0.05, 0) is 29.8 Å². The van der Waals surface area contributed by atoms with E-state index in [0.717, 1.165) is 11.3 Å². The maximum atomic E-state index is 12.7. The maximum absolute atomic E-state index is 12.7. The largest absolute Gasteiger partial charge is 0.464 e. The number of methoxy groups -OCH3 is 1. The van der Waals surface area contributed by atoms with Crippen LogP contribution in [0.5, 0.6) is 0 Å². The third kappa shape index (κ3) is 5.00. The van der Waals surface area contributed by atoms with Crippen LogP contribution in [0.3, 0.4) is 0 Å². The SMILES string of the molecule is COC(=O)c1c(N)c(C#N)cn1-c1cc(Cl)ccc1N1CCN(C(=O)C=Cc2ccccc2)CC1. The van der Waals surface area contributed by atoms with Crippen molar-refractivity contribution in [3.8, 4) is 11.8 Å². The normalized spacial score (nSPS) is 13.6. The molecule has 1 fully saturated rings. The Morgan fingerprint density at radius 1 is 1.09 bits per heavy atom. The average Bonchev–Trinajstić information content (AvgIpc) is 3.23. The summed E-state index contributed by atoms with van der Waals surface area (Å²) in [6, 6.07) is 17.0. The van der Waals surface area contributed by atoms with E-state index in [2.05, 4.69) is 4.90 Å². The zero-order valence-electron chi connectivity index (χ0n) is 19.1. The molecule has 35 heavy (non-hydrogen) atoms. The van der Waals surface area contributed by atoms with Crippen LogP contribution in [0.1, 0.15) is 21.6 Å². The first-order chi connectivity index (χ1) is 16.9. The van der Waals surface area contributed by atoms with Crippen LogP contribution in [0.15, 0.2) is 60.8 Å². The van der Waals surface area contributed by atoms with Gasteiger partial charge < -0.3 is 24.8 Å². The molecule has 0 saturated carbocycles. The summed E-state index contributed by atoms with van der Waals surface area (Å²) in [5.74, 6) is -0.704. The number of carbonyl (C=O) groups excluding carboxylic acids is 2. The first-order valence-corrected chi connectivity index (χ1v) is 11.4. The summed E-state index contributed by atoms with van der Waals surface area (Å²) in [4.78, 5) is 29.1. The molecule has 2 aromatic carbocycles. The van der Waals surface area contributed by atoms with Crippen molar-refractivity contribution in [2.45, 2.75) is 0 Å². The van der Waals surface area contributed by atoms with Gasteiger partial charge in [0.2, 0.25) is 5.91 Å². The summed E-state index contributed by atoms with van der Waals surface area (Å²) < 4.78 is 6.44. The van der Waals surface area contributed by atoms with Crippen molar-refractivity contribution in [1.29, 1.82) is 5.26 Å². The van der Waals surface area contributed by atoms with E-state index in [4.69, 9.17) is 22.1 Å². The number of hydrogen-bond donors (Lipinski definition) is 1. The highest BCUT2D eigenvalue weighted by molar-refractivity contribution is 6.30. The highest BCUT2D eigenvalue weighted by atomic mass is 35.5. The molecule has 0 spiro atoms. The number of anilines is 2. The molecular formula is C26H24ClN5O3. The lowest BCUT2D eigenvalue weighted by molar-refractivity contribution is -0.126. The van der Waals surface area contributed by atoms with E-state index in [1.807, 2.05) is 48.5 Å². The van der Waals surface area contributed by atoms with Crippen LogP contribution in [0.25, 0.3) is 11.8 Å². The minimum Gasteiger partial charge on any atom is -0.464 e. The predicted octanol–water partition coefficient (Wildman–Crippen LogP) is 3.73. The van der Waals surface area contributed by atoms with Crippen molar-refractivity contribution < 1.29 is 14.3 Å². The van der Waals surface area contributed by atoms with Crippen LogP contribution in [0, 0.1) is 11.3 Å². The monoisotopic (exact) mass is 489 g/mol. The van der Waals surface area contributed by atoms with E-state index < -0.39 is 5.97 Å². The fourth-order valence-electron chi connectivity index (χ4n) is 4.07. The number of nitrogen functional groups attached to an aromatic ring is 1. The van der Waals surface area contributed by atoms with Crippen molar-refractivity contribution in [3.05, 3.63) is 82.6 Å². The van der Waals surface area contributed by atoms with Crippen LogP contribution >= 0.6 is 11.6 Å². The molecule has 1 aliphatic rings. The molecule has 4 rings (SSSR count). The maximum Gasteiger partial charge on any atom is 0.357 e. The summed E-state index contributed by atoms with van der Waals surface area (Å²) in [6.07, 6.45) is 4.90. The summed E-state index contributed by atoms with van der Waals surface area (Å²) in [7, 11) is 1.26. The molecule has 1 amide bonds. The van der Waals surface area contributed by atoms with Crippen LogP contribution < -0.4 is 10.6 Å². The number of aromatic nitrogens is 1. The average molecular weight is 490 g/mol. The Kier molecular flexibility index (Phi) is 7.09. The minimum absolute atomic E-state index is 0.0466. The predicted molar refractivity (Wildman–Crippen MR) is 136 cm³/mol. The second-order valence-corrected chi connectivity index (χ2v) is 8.40. The lowest BCUT2D eigenvalue weighted by Gasteiger charge is -2.36. The molecule has 1 aromatic heterocycles. The number of nitrogens with two attached hydrogens (primary N) is 1. The van der Waals surface area contributed by atoms with Gasteiger partial charge in [0, 0.05) is 43.5 Å². The third-order valence-electron chi connectivity index (χ3n) is 5.89. The fourth-order valence-corrected chi connectivity index (χ4v) is 4.23. The molecule has 0 unspecified atom stereocenters. The van der Waals surface area contributed by atoms with Crippen molar-refractivity contribution in [1.82, 2.24) is 9.47 Å². The van der Waals surface area contributed by atoms with Gasteiger partial charge in [0.15, 0.2) is 5.69 Å². The topological polar surface area (TPSA) is 105 Å². The molecule has 0 radical (unpaired) electrons. The lowest BCUT2D eigenvalue weighted by Crippen LogP contribution is -2.48. The Labute approximate surface area is 208 Å². The van der Waals surface area contributed by atoms with Gasteiger partial charge in [-0.2, -0.15) is 5.26 Å². The van der Waals surface area contributed by atoms with E-state index >= 15 is 0 Å². The molecule has 2 N–H and O–H groups in total. The van der Waals surface area contributed by atoms with Gasteiger partial charge in [-0.25, -0.2) is 4.79 Å². The fraction of sp³-hybridized carbons (Fsp3) is 0.192. The van der Waals surface area contributed by atoms with Gasteiger partial charge in [-0.15, -0.1) is 0 Å². The highest BCUT2D eigenvalue weighted by Crippen LogP contribution is 2.33. The number of rotatable bonds is 5. The Bertz CT molecular complexity index is 1320. The number of benzene rings is 2. The van der Waals surface area contributed by atoms with Gasteiger partial charge in [0.1, 0.15) is 6.07 Å². The molecule has 1 aliphatic heterocycles. The van der Waals surface area contributed by atoms with Crippen molar-refractivity contribution in [2.24, 2.45) is 0 Å². The number of hydrogen-bond acceptors (Lipinski definition) is 6. The molecular weight excluding hydrogens is 466 g/mol. The number of carbonyl (C=O) groups is 2. The zero-order valence-corrected chi connectivity index (χ0v) is 19.9. The summed E-state index contributed by atoms with van der Waals surface area (Å²) in [6.45, 7) is 2.21. The minimum atomic E-state index is -0.657. The van der Waals surface area contributed by atoms with Crippen molar-refractivity contribution in [3.63, 3.8) is 0 Å². The second kappa shape index (κ2) is 10.4. The molecule has 1 saturated heterocycles. The van der Waals surface area contributed by atoms with Crippen molar-refractivity contribution >= 4 is 40.9 Å². The van der Waals surface area contributed by atoms with Crippen LogP contribution in [-0.2, 0) is 9.53 Å². The van der Waals surface area contributed by atoms with E-state index in [9.17, 15) is 14.9 Å². The number of halogens is 1. The number of amides is 1. The third-order valence-corrected chi connectivity index (χ3v) is 6.13.